The molecule has 0 radical (unpaired) electrons. The van der Waals surface area contributed by atoms with Gasteiger partial charge in [-0.05, 0) is 67.0 Å². The number of hydrogen-bond acceptors (Lipinski definition) is 3. The zero-order chi connectivity index (χ0) is 14.7. The van der Waals surface area contributed by atoms with Gasteiger partial charge in [0.25, 0.3) is 0 Å². The van der Waals surface area contributed by atoms with Crippen LogP contribution >= 0.6 is 15.9 Å². The van der Waals surface area contributed by atoms with E-state index in [-0.39, 0.29) is 6.04 Å². The average Bonchev–Trinajstić information content (AvgIpc) is 2.60. The summed E-state index contributed by atoms with van der Waals surface area (Å²) in [6.45, 7) is 7.75. The third-order valence-electron chi connectivity index (χ3n) is 4.18. The topological polar surface area (TPSA) is 32.5 Å². The van der Waals surface area contributed by atoms with E-state index in [0.29, 0.717) is 6.04 Å². The van der Waals surface area contributed by atoms with Gasteiger partial charge in [0.05, 0.1) is 5.69 Å². The number of halogens is 1. The highest BCUT2D eigenvalue weighted by Gasteiger charge is 2.23. The third kappa shape index (κ3) is 3.54. The molecule has 0 spiro atoms. The molecule has 3 nitrogen and oxygen atoms in total. The van der Waals surface area contributed by atoms with Crippen LogP contribution in [0.2, 0.25) is 0 Å². The molecule has 1 unspecified atom stereocenters. The molecule has 20 heavy (non-hydrogen) atoms. The van der Waals surface area contributed by atoms with E-state index in [2.05, 4.69) is 57.9 Å². The molecule has 0 saturated carbocycles. The van der Waals surface area contributed by atoms with Crippen molar-refractivity contribution < 1.29 is 0 Å². The zero-order valence-electron chi connectivity index (χ0n) is 12.8. The number of hydrogen-bond donors (Lipinski definition) is 1. The Labute approximate surface area is 131 Å². The molecule has 1 aliphatic rings. The minimum Gasteiger partial charge on any atom is -0.366 e. The molecule has 2 N–H and O–H groups in total. The molecule has 0 aromatic heterocycles. The van der Waals surface area contributed by atoms with E-state index < -0.39 is 0 Å². The number of benzene rings is 1. The summed E-state index contributed by atoms with van der Waals surface area (Å²) in [5.74, 6) is 0. The lowest BCUT2D eigenvalue weighted by atomic mass is 10.1. The van der Waals surface area contributed by atoms with Crippen molar-refractivity contribution >= 4 is 21.6 Å². The summed E-state index contributed by atoms with van der Waals surface area (Å²) in [6, 6.07) is 7.21. The van der Waals surface area contributed by atoms with Gasteiger partial charge in [0.2, 0.25) is 0 Å². The van der Waals surface area contributed by atoms with Gasteiger partial charge in [-0.2, -0.15) is 0 Å². The minimum atomic E-state index is 0.0811. The highest BCUT2D eigenvalue weighted by molar-refractivity contribution is 9.10. The van der Waals surface area contributed by atoms with E-state index in [4.69, 9.17) is 5.73 Å². The number of anilines is 1. The predicted molar refractivity (Wildman–Crippen MR) is 90.3 cm³/mol. The molecular weight excluding hydrogens is 314 g/mol. The zero-order valence-corrected chi connectivity index (χ0v) is 14.4. The van der Waals surface area contributed by atoms with Crippen LogP contribution in [0.25, 0.3) is 0 Å². The van der Waals surface area contributed by atoms with Gasteiger partial charge in [-0.3, -0.25) is 0 Å². The van der Waals surface area contributed by atoms with E-state index in [1.54, 1.807) is 0 Å². The molecule has 1 aliphatic heterocycles. The molecule has 0 aliphatic carbocycles. The Balaban J connectivity index is 2.28. The van der Waals surface area contributed by atoms with Crippen molar-refractivity contribution in [1.82, 2.24) is 4.90 Å². The molecular formula is C16H26BrN3. The third-order valence-corrected chi connectivity index (χ3v) is 4.82. The maximum absolute atomic E-state index is 5.97. The Morgan fingerprint density at radius 1 is 1.40 bits per heavy atom. The largest absolute Gasteiger partial charge is 0.366 e. The summed E-state index contributed by atoms with van der Waals surface area (Å²) >= 11 is 3.74. The van der Waals surface area contributed by atoms with Gasteiger partial charge < -0.3 is 15.5 Å². The molecule has 1 heterocycles. The van der Waals surface area contributed by atoms with Gasteiger partial charge in [-0.25, -0.2) is 0 Å². The van der Waals surface area contributed by atoms with Gasteiger partial charge in [0.15, 0.2) is 0 Å². The quantitative estimate of drug-likeness (QED) is 0.916. The van der Waals surface area contributed by atoms with E-state index in [9.17, 15) is 0 Å². The van der Waals surface area contributed by atoms with Crippen LogP contribution in [0.4, 0.5) is 5.69 Å². The van der Waals surface area contributed by atoms with Crippen molar-refractivity contribution in [3.05, 3.63) is 28.2 Å². The van der Waals surface area contributed by atoms with Crippen LogP contribution in [-0.4, -0.2) is 37.6 Å². The fourth-order valence-electron chi connectivity index (χ4n) is 2.95. The molecule has 1 fully saturated rings. The Hall–Kier alpha value is -0.580. The monoisotopic (exact) mass is 339 g/mol. The van der Waals surface area contributed by atoms with Crippen LogP contribution in [0.15, 0.2) is 22.7 Å². The summed E-state index contributed by atoms with van der Waals surface area (Å²) in [5, 5.41) is 0. The lowest BCUT2D eigenvalue weighted by molar-refractivity contribution is 0.328. The van der Waals surface area contributed by atoms with Crippen molar-refractivity contribution in [2.45, 2.75) is 38.8 Å². The molecule has 4 heteroatoms. The van der Waals surface area contributed by atoms with Gasteiger partial charge in [0.1, 0.15) is 0 Å². The Morgan fingerprint density at radius 3 is 2.75 bits per heavy atom. The first kappa shape index (κ1) is 15.8. The summed E-state index contributed by atoms with van der Waals surface area (Å²) in [5.41, 5.74) is 8.45. The Morgan fingerprint density at radius 2 is 2.15 bits per heavy atom. The molecule has 1 saturated heterocycles. The molecule has 0 amide bonds. The maximum atomic E-state index is 5.97. The first-order chi connectivity index (χ1) is 9.52. The molecule has 0 bridgehead atoms. The predicted octanol–water partition coefficient (Wildman–Crippen LogP) is 3.39. The van der Waals surface area contributed by atoms with Crippen LogP contribution < -0.4 is 10.6 Å². The summed E-state index contributed by atoms with van der Waals surface area (Å²) in [4.78, 5) is 5.00. The first-order valence-electron chi connectivity index (χ1n) is 7.53. The standard InChI is InChI=1S/C16H26BrN3/c1-4-14-11-19(3)8-5-9-20(14)16-7-6-13(12(2)18)10-15(16)17/h6-7,10,12,14H,4-5,8-9,11,18H2,1-3H3/t12-,14?/m1/s1. The van der Waals surface area contributed by atoms with Gasteiger partial charge in [-0.15, -0.1) is 0 Å². The molecule has 1 aromatic carbocycles. The first-order valence-corrected chi connectivity index (χ1v) is 8.32. The number of nitrogens with zero attached hydrogens (tertiary/aromatic N) is 2. The van der Waals surface area contributed by atoms with E-state index in [0.717, 1.165) is 17.6 Å². The second-order valence-electron chi connectivity index (χ2n) is 5.87. The van der Waals surface area contributed by atoms with Crippen LogP contribution in [0.5, 0.6) is 0 Å². The maximum Gasteiger partial charge on any atom is 0.0513 e. The molecule has 2 rings (SSSR count). The second-order valence-corrected chi connectivity index (χ2v) is 6.73. The van der Waals surface area contributed by atoms with Crippen LogP contribution in [0.3, 0.4) is 0 Å². The molecule has 1 aromatic rings. The fourth-order valence-corrected chi connectivity index (χ4v) is 3.57. The SMILES string of the molecule is CCC1CN(C)CCCN1c1ccc([C@@H](C)N)cc1Br. The summed E-state index contributed by atoms with van der Waals surface area (Å²) in [6.07, 6.45) is 2.39. The number of likely N-dealkylation sites (N-methyl/N-ethyl adjacent to an activating group) is 1. The molecule has 112 valence electrons. The van der Waals surface area contributed by atoms with E-state index in [1.165, 1.54) is 30.6 Å². The van der Waals surface area contributed by atoms with Gasteiger partial charge in [0, 0.05) is 29.6 Å². The number of nitrogens with two attached hydrogens (primary N) is 1. The average molecular weight is 340 g/mol. The second kappa shape index (κ2) is 6.92. The smallest absolute Gasteiger partial charge is 0.0513 e. The minimum absolute atomic E-state index is 0.0811. The van der Waals surface area contributed by atoms with Gasteiger partial charge >= 0.3 is 0 Å². The highest BCUT2D eigenvalue weighted by Crippen LogP contribution is 2.32. The van der Waals surface area contributed by atoms with E-state index in [1.807, 2.05) is 6.92 Å². The summed E-state index contributed by atoms with van der Waals surface area (Å²) < 4.78 is 1.16. The van der Waals surface area contributed by atoms with E-state index >= 15 is 0 Å². The highest BCUT2D eigenvalue weighted by atomic mass is 79.9. The van der Waals surface area contributed by atoms with Crippen LogP contribution in [0, 0.1) is 0 Å². The Kier molecular flexibility index (Phi) is 5.47. The van der Waals surface area contributed by atoms with Crippen molar-refractivity contribution in [3.63, 3.8) is 0 Å². The van der Waals surface area contributed by atoms with Crippen molar-refractivity contribution in [3.8, 4) is 0 Å². The number of rotatable bonds is 3. The lowest BCUT2D eigenvalue weighted by Crippen LogP contribution is -2.40. The fraction of sp³-hybridized carbons (Fsp3) is 0.625. The van der Waals surface area contributed by atoms with Crippen LogP contribution in [0.1, 0.15) is 38.3 Å². The Bertz CT molecular complexity index is 447. The lowest BCUT2D eigenvalue weighted by Gasteiger charge is -2.33. The van der Waals surface area contributed by atoms with Gasteiger partial charge in [-0.1, -0.05) is 13.0 Å². The normalized spacial score (nSPS) is 22.6. The van der Waals surface area contributed by atoms with Crippen molar-refractivity contribution in [2.24, 2.45) is 5.73 Å². The summed E-state index contributed by atoms with van der Waals surface area (Å²) in [7, 11) is 2.22. The van der Waals surface area contributed by atoms with Crippen molar-refractivity contribution in [1.29, 1.82) is 0 Å². The molecule has 2 atom stereocenters. The van der Waals surface area contributed by atoms with Crippen molar-refractivity contribution in [2.75, 3.05) is 31.6 Å². The van der Waals surface area contributed by atoms with Crippen LogP contribution in [-0.2, 0) is 0 Å².